The van der Waals surface area contributed by atoms with Crippen molar-refractivity contribution < 1.29 is 26.7 Å². The van der Waals surface area contributed by atoms with Gasteiger partial charge in [-0.1, -0.05) is 6.07 Å². The monoisotopic (exact) mass is 358 g/mol. The summed E-state index contributed by atoms with van der Waals surface area (Å²) in [7, 11) is 0. The summed E-state index contributed by atoms with van der Waals surface area (Å²) in [6, 6.07) is 6.59. The third kappa shape index (κ3) is 3.52. The molecule has 132 valence electrons. The first-order chi connectivity index (χ1) is 11.5. The van der Waals surface area contributed by atoms with Crippen molar-refractivity contribution in [2.45, 2.75) is 26.1 Å². The topological polar surface area (TPSA) is 52.3 Å². The van der Waals surface area contributed by atoms with Gasteiger partial charge in [0.25, 0.3) is 0 Å². The SMILES string of the molecule is Cc1ccc(OC(F)(F)F)cc1-c1ccc2nnc(C(C)(F)F)n2n1. The Bertz CT molecular complexity index is 930. The average molecular weight is 358 g/mol. The molecule has 0 amide bonds. The zero-order valence-electron chi connectivity index (χ0n) is 13.0. The molecular weight excluding hydrogens is 347 g/mol. The van der Waals surface area contributed by atoms with E-state index in [4.69, 9.17) is 0 Å². The highest BCUT2D eigenvalue weighted by molar-refractivity contribution is 5.66. The number of rotatable bonds is 3. The zero-order chi connectivity index (χ0) is 18.4. The maximum atomic E-state index is 13.6. The molecule has 0 aliphatic rings. The van der Waals surface area contributed by atoms with Crippen LogP contribution in [-0.4, -0.2) is 26.2 Å². The van der Waals surface area contributed by atoms with E-state index in [2.05, 4.69) is 20.0 Å². The standard InChI is InChI=1S/C15H11F5N4O/c1-8-3-4-9(25-15(18,19)20)7-10(8)11-5-6-12-21-22-13(14(2,16)17)24(12)23-11/h3-7H,1-2H3. The number of ether oxygens (including phenoxy) is 1. The minimum atomic E-state index is -4.84. The van der Waals surface area contributed by atoms with Gasteiger partial charge in [-0.25, -0.2) is 0 Å². The molecule has 2 aromatic heterocycles. The van der Waals surface area contributed by atoms with E-state index >= 15 is 0 Å². The van der Waals surface area contributed by atoms with Gasteiger partial charge in [0.05, 0.1) is 5.69 Å². The molecule has 1 aromatic carbocycles. The Hall–Kier alpha value is -2.78. The van der Waals surface area contributed by atoms with Crippen molar-refractivity contribution in [3.05, 3.63) is 41.7 Å². The quantitative estimate of drug-likeness (QED) is 0.661. The smallest absolute Gasteiger partial charge is 0.406 e. The first kappa shape index (κ1) is 17.1. The molecular formula is C15H11F5N4O. The summed E-state index contributed by atoms with van der Waals surface area (Å²) >= 11 is 0. The first-order valence-electron chi connectivity index (χ1n) is 7.02. The summed E-state index contributed by atoms with van der Waals surface area (Å²) in [4.78, 5) is 0. The van der Waals surface area contributed by atoms with Crippen LogP contribution in [0.4, 0.5) is 22.0 Å². The van der Waals surface area contributed by atoms with Gasteiger partial charge in [0.15, 0.2) is 5.65 Å². The lowest BCUT2D eigenvalue weighted by Gasteiger charge is -2.12. The summed E-state index contributed by atoms with van der Waals surface area (Å²) in [5, 5.41) is 11.1. The second kappa shape index (κ2) is 5.64. The molecule has 10 heteroatoms. The van der Waals surface area contributed by atoms with Gasteiger partial charge < -0.3 is 4.74 Å². The Balaban J connectivity index is 2.11. The number of aromatic nitrogens is 4. The van der Waals surface area contributed by atoms with Crippen LogP contribution in [0.15, 0.2) is 30.3 Å². The molecule has 0 N–H and O–H groups in total. The van der Waals surface area contributed by atoms with Crippen LogP contribution >= 0.6 is 0 Å². The average Bonchev–Trinajstić information content (AvgIpc) is 2.90. The van der Waals surface area contributed by atoms with Gasteiger partial charge in [-0.15, -0.1) is 23.4 Å². The predicted molar refractivity (Wildman–Crippen MR) is 77.2 cm³/mol. The highest BCUT2D eigenvalue weighted by Crippen LogP contribution is 2.31. The van der Waals surface area contributed by atoms with Crippen molar-refractivity contribution in [1.82, 2.24) is 19.8 Å². The Morgan fingerprint density at radius 2 is 1.72 bits per heavy atom. The number of hydrogen-bond acceptors (Lipinski definition) is 4. The first-order valence-corrected chi connectivity index (χ1v) is 7.02. The number of halogens is 5. The summed E-state index contributed by atoms with van der Waals surface area (Å²) in [6.45, 7) is 2.31. The van der Waals surface area contributed by atoms with Crippen molar-refractivity contribution >= 4 is 5.65 Å². The second-order valence-electron chi connectivity index (χ2n) is 5.43. The minimum absolute atomic E-state index is 0.0978. The largest absolute Gasteiger partial charge is 0.573 e. The van der Waals surface area contributed by atoms with Gasteiger partial charge in [-0.2, -0.15) is 18.4 Å². The summed E-state index contributed by atoms with van der Waals surface area (Å²) in [5.74, 6) is -4.37. The van der Waals surface area contributed by atoms with Crippen LogP contribution in [0, 0.1) is 6.92 Å². The molecule has 3 rings (SSSR count). The molecule has 5 nitrogen and oxygen atoms in total. The van der Waals surface area contributed by atoms with E-state index in [1.165, 1.54) is 18.2 Å². The molecule has 2 heterocycles. The highest BCUT2D eigenvalue weighted by atomic mass is 19.4. The van der Waals surface area contributed by atoms with Crippen LogP contribution in [-0.2, 0) is 5.92 Å². The normalized spacial score (nSPS) is 12.6. The van der Waals surface area contributed by atoms with Gasteiger partial charge in [-0.05, 0) is 36.8 Å². The number of aryl methyl sites for hydroxylation is 1. The second-order valence-corrected chi connectivity index (χ2v) is 5.43. The third-order valence-electron chi connectivity index (χ3n) is 3.37. The Labute approximate surface area is 138 Å². The lowest BCUT2D eigenvalue weighted by molar-refractivity contribution is -0.274. The summed E-state index contributed by atoms with van der Waals surface area (Å²) in [5.41, 5.74) is 1.19. The van der Waals surface area contributed by atoms with Gasteiger partial charge in [0.1, 0.15) is 5.75 Å². The van der Waals surface area contributed by atoms with Crippen LogP contribution in [0.2, 0.25) is 0 Å². The Kier molecular flexibility index (Phi) is 3.85. The number of fused-ring (bicyclic) bond motifs is 1. The molecule has 25 heavy (non-hydrogen) atoms. The van der Waals surface area contributed by atoms with Crippen molar-refractivity contribution in [2.75, 3.05) is 0 Å². The summed E-state index contributed by atoms with van der Waals surface area (Å²) in [6.07, 6.45) is -4.84. The fourth-order valence-electron chi connectivity index (χ4n) is 2.28. The van der Waals surface area contributed by atoms with E-state index in [1.54, 1.807) is 6.92 Å². The van der Waals surface area contributed by atoms with Crippen LogP contribution in [0.25, 0.3) is 16.9 Å². The molecule has 0 radical (unpaired) electrons. The van der Waals surface area contributed by atoms with Gasteiger partial charge in [0.2, 0.25) is 5.82 Å². The molecule has 0 bridgehead atoms. The maximum absolute atomic E-state index is 13.6. The van der Waals surface area contributed by atoms with Crippen molar-refractivity contribution in [3.63, 3.8) is 0 Å². The number of benzene rings is 1. The van der Waals surface area contributed by atoms with E-state index in [9.17, 15) is 22.0 Å². The van der Waals surface area contributed by atoms with E-state index in [1.807, 2.05) is 0 Å². The zero-order valence-corrected chi connectivity index (χ0v) is 13.0. The van der Waals surface area contributed by atoms with E-state index < -0.39 is 23.9 Å². The van der Waals surface area contributed by atoms with Gasteiger partial charge in [0, 0.05) is 12.5 Å². The number of hydrogen-bond donors (Lipinski definition) is 0. The van der Waals surface area contributed by atoms with Crippen molar-refractivity contribution in [3.8, 4) is 17.0 Å². The van der Waals surface area contributed by atoms with Crippen LogP contribution in [0.3, 0.4) is 0 Å². The summed E-state index contributed by atoms with van der Waals surface area (Å²) < 4.78 is 69.1. The Morgan fingerprint density at radius 1 is 1.00 bits per heavy atom. The lowest BCUT2D eigenvalue weighted by Crippen LogP contribution is -2.17. The molecule has 0 fully saturated rings. The Morgan fingerprint density at radius 3 is 2.36 bits per heavy atom. The predicted octanol–water partition coefficient (Wildman–Crippen LogP) is 4.11. The number of nitrogens with zero attached hydrogens (tertiary/aromatic N) is 4. The minimum Gasteiger partial charge on any atom is -0.406 e. The fourth-order valence-corrected chi connectivity index (χ4v) is 2.28. The van der Waals surface area contributed by atoms with Crippen molar-refractivity contribution in [1.29, 1.82) is 0 Å². The van der Waals surface area contributed by atoms with E-state index in [0.717, 1.165) is 16.6 Å². The molecule has 0 aliphatic heterocycles. The molecule has 0 saturated carbocycles. The van der Waals surface area contributed by atoms with Crippen LogP contribution < -0.4 is 4.74 Å². The van der Waals surface area contributed by atoms with Crippen molar-refractivity contribution in [2.24, 2.45) is 0 Å². The molecule has 0 aliphatic carbocycles. The fraction of sp³-hybridized carbons (Fsp3) is 0.267. The van der Waals surface area contributed by atoms with Crippen LogP contribution in [0.1, 0.15) is 18.3 Å². The molecule has 0 saturated heterocycles. The lowest BCUT2D eigenvalue weighted by atomic mass is 10.1. The highest BCUT2D eigenvalue weighted by Gasteiger charge is 2.32. The van der Waals surface area contributed by atoms with Gasteiger partial charge in [-0.3, -0.25) is 0 Å². The number of alkyl halides is 5. The van der Waals surface area contributed by atoms with Crippen LogP contribution in [0.5, 0.6) is 5.75 Å². The molecule has 0 unspecified atom stereocenters. The van der Waals surface area contributed by atoms with Gasteiger partial charge >= 0.3 is 12.3 Å². The molecule has 3 aromatic rings. The third-order valence-corrected chi connectivity index (χ3v) is 3.37. The maximum Gasteiger partial charge on any atom is 0.573 e. The van der Waals surface area contributed by atoms with E-state index in [-0.39, 0.29) is 11.3 Å². The van der Waals surface area contributed by atoms with E-state index in [0.29, 0.717) is 18.1 Å². The molecule has 0 spiro atoms. The molecule has 0 atom stereocenters.